The molecule has 1 saturated carbocycles. The van der Waals surface area contributed by atoms with Crippen LogP contribution in [-0.4, -0.2) is 34.9 Å². The number of aryl methyl sites for hydroxylation is 2. The largest absolute Gasteiger partial charge is 0.360 e. The number of aromatic amines is 1. The second-order valence-electron chi connectivity index (χ2n) is 6.56. The van der Waals surface area contributed by atoms with E-state index in [0.29, 0.717) is 5.92 Å². The molecule has 3 aromatic rings. The summed E-state index contributed by atoms with van der Waals surface area (Å²) in [6, 6.07) is -0.0512. The Balaban J connectivity index is 1.72. The predicted octanol–water partition coefficient (Wildman–Crippen LogP) is 2.62. The summed E-state index contributed by atoms with van der Waals surface area (Å²) in [4.78, 5) is 14.0. The van der Waals surface area contributed by atoms with Crippen LogP contribution in [0.25, 0.3) is 11.0 Å². The first-order chi connectivity index (χ1) is 11.6. The van der Waals surface area contributed by atoms with E-state index >= 15 is 0 Å². The van der Waals surface area contributed by atoms with E-state index in [-0.39, 0.29) is 6.04 Å². The Morgan fingerprint density at radius 2 is 2.04 bits per heavy atom. The molecule has 1 aliphatic carbocycles. The molecular weight excluding hydrogens is 304 g/mol. The summed E-state index contributed by atoms with van der Waals surface area (Å²) in [6.07, 6.45) is 6.66. The Bertz CT molecular complexity index is 858. The van der Waals surface area contributed by atoms with Crippen LogP contribution in [-0.2, 0) is 7.05 Å². The van der Waals surface area contributed by atoms with Crippen LogP contribution in [0.1, 0.15) is 62.0 Å². The van der Waals surface area contributed by atoms with Crippen LogP contribution in [0.3, 0.4) is 0 Å². The van der Waals surface area contributed by atoms with Gasteiger partial charge in [0.1, 0.15) is 17.5 Å². The van der Waals surface area contributed by atoms with Crippen molar-refractivity contribution >= 4 is 16.9 Å². The summed E-state index contributed by atoms with van der Waals surface area (Å²) >= 11 is 0. The van der Waals surface area contributed by atoms with Gasteiger partial charge in [-0.1, -0.05) is 12.8 Å². The molecule has 0 radical (unpaired) electrons. The number of H-pyrrole nitrogens is 1. The van der Waals surface area contributed by atoms with Crippen molar-refractivity contribution in [1.29, 1.82) is 0 Å². The fourth-order valence-corrected chi connectivity index (χ4v) is 3.34. The van der Waals surface area contributed by atoms with Crippen LogP contribution < -0.4 is 5.32 Å². The minimum Gasteiger partial charge on any atom is -0.360 e. The number of rotatable bonds is 4. The van der Waals surface area contributed by atoms with E-state index in [2.05, 4.69) is 25.6 Å². The van der Waals surface area contributed by atoms with Gasteiger partial charge in [-0.05, 0) is 26.7 Å². The molecule has 3 aromatic heterocycles. The van der Waals surface area contributed by atoms with Gasteiger partial charge in [0, 0.05) is 13.0 Å². The van der Waals surface area contributed by atoms with Crippen molar-refractivity contribution in [2.24, 2.45) is 7.05 Å². The van der Waals surface area contributed by atoms with E-state index in [9.17, 15) is 0 Å². The summed E-state index contributed by atoms with van der Waals surface area (Å²) < 4.78 is 1.81. The molecule has 1 fully saturated rings. The standard InChI is InChI=1S/C16H22N8/c1-9(13-19-10(2)22-23-13)18-15-12-8-17-24(3)16(12)21-14(20-15)11-6-4-5-7-11/h8-9,11H,4-7H2,1-3H3,(H,18,20,21)(H,19,22,23). The van der Waals surface area contributed by atoms with Gasteiger partial charge >= 0.3 is 0 Å². The van der Waals surface area contributed by atoms with Crippen LogP contribution in [0.15, 0.2) is 6.20 Å². The van der Waals surface area contributed by atoms with Crippen molar-refractivity contribution in [3.05, 3.63) is 23.7 Å². The van der Waals surface area contributed by atoms with Gasteiger partial charge in [-0.2, -0.15) is 10.2 Å². The maximum absolute atomic E-state index is 4.83. The van der Waals surface area contributed by atoms with E-state index < -0.39 is 0 Å². The van der Waals surface area contributed by atoms with Gasteiger partial charge in [0.25, 0.3) is 0 Å². The highest BCUT2D eigenvalue weighted by Gasteiger charge is 2.23. The lowest BCUT2D eigenvalue weighted by Crippen LogP contribution is -2.12. The molecule has 24 heavy (non-hydrogen) atoms. The monoisotopic (exact) mass is 326 g/mol. The molecule has 2 N–H and O–H groups in total. The molecule has 0 spiro atoms. The van der Waals surface area contributed by atoms with Gasteiger partial charge in [-0.25, -0.2) is 15.0 Å². The van der Waals surface area contributed by atoms with Crippen molar-refractivity contribution in [3.8, 4) is 0 Å². The van der Waals surface area contributed by atoms with Crippen molar-refractivity contribution in [3.63, 3.8) is 0 Å². The molecule has 1 unspecified atom stereocenters. The first-order valence-corrected chi connectivity index (χ1v) is 8.47. The number of anilines is 1. The molecule has 1 aliphatic rings. The fourth-order valence-electron chi connectivity index (χ4n) is 3.34. The van der Waals surface area contributed by atoms with E-state index in [1.54, 1.807) is 0 Å². The predicted molar refractivity (Wildman–Crippen MR) is 90.7 cm³/mol. The van der Waals surface area contributed by atoms with E-state index in [1.165, 1.54) is 25.7 Å². The molecule has 8 heteroatoms. The normalized spacial score (nSPS) is 16.8. The van der Waals surface area contributed by atoms with Crippen LogP contribution >= 0.6 is 0 Å². The minimum absolute atomic E-state index is 0.0512. The van der Waals surface area contributed by atoms with Crippen molar-refractivity contribution in [1.82, 2.24) is 34.9 Å². The number of aromatic nitrogens is 7. The van der Waals surface area contributed by atoms with Gasteiger partial charge < -0.3 is 5.32 Å². The molecule has 126 valence electrons. The average Bonchev–Trinajstić information content (AvgIpc) is 3.29. The summed E-state index contributed by atoms with van der Waals surface area (Å²) in [5.41, 5.74) is 0.868. The fraction of sp³-hybridized carbons (Fsp3) is 0.562. The molecule has 0 bridgehead atoms. The molecule has 4 rings (SSSR count). The Morgan fingerprint density at radius 1 is 1.25 bits per heavy atom. The molecule has 0 aromatic carbocycles. The molecule has 0 amide bonds. The van der Waals surface area contributed by atoms with Gasteiger partial charge in [-0.3, -0.25) is 9.78 Å². The Morgan fingerprint density at radius 3 is 2.75 bits per heavy atom. The quantitative estimate of drug-likeness (QED) is 0.765. The molecular formula is C16H22N8. The summed E-state index contributed by atoms with van der Waals surface area (Å²) in [5.74, 6) is 3.71. The number of nitrogens with one attached hydrogen (secondary N) is 2. The van der Waals surface area contributed by atoms with E-state index in [0.717, 1.165) is 34.3 Å². The molecule has 8 nitrogen and oxygen atoms in total. The number of nitrogens with zero attached hydrogens (tertiary/aromatic N) is 6. The van der Waals surface area contributed by atoms with Crippen LogP contribution in [0.2, 0.25) is 0 Å². The maximum Gasteiger partial charge on any atom is 0.172 e. The molecule has 3 heterocycles. The highest BCUT2D eigenvalue weighted by molar-refractivity contribution is 5.86. The lowest BCUT2D eigenvalue weighted by Gasteiger charge is -2.15. The number of hydrogen-bond donors (Lipinski definition) is 2. The van der Waals surface area contributed by atoms with Crippen molar-refractivity contribution < 1.29 is 0 Å². The summed E-state index contributed by atoms with van der Waals surface area (Å²) in [6.45, 7) is 3.92. The maximum atomic E-state index is 4.83. The van der Waals surface area contributed by atoms with Crippen LogP contribution in [0, 0.1) is 6.92 Å². The first-order valence-electron chi connectivity index (χ1n) is 8.47. The van der Waals surface area contributed by atoms with Gasteiger partial charge in [0.15, 0.2) is 11.5 Å². The third kappa shape index (κ3) is 2.61. The Hall–Kier alpha value is -2.51. The van der Waals surface area contributed by atoms with Crippen LogP contribution in [0.4, 0.5) is 5.82 Å². The molecule has 0 saturated heterocycles. The van der Waals surface area contributed by atoms with E-state index in [1.807, 2.05) is 31.8 Å². The summed E-state index contributed by atoms with van der Waals surface area (Å²) in [7, 11) is 1.92. The second-order valence-corrected chi connectivity index (χ2v) is 6.56. The van der Waals surface area contributed by atoms with E-state index in [4.69, 9.17) is 9.97 Å². The highest BCUT2D eigenvalue weighted by Crippen LogP contribution is 2.34. The summed E-state index contributed by atoms with van der Waals surface area (Å²) in [5, 5.41) is 15.8. The Kier molecular flexibility index (Phi) is 3.66. The van der Waals surface area contributed by atoms with Crippen LogP contribution in [0.5, 0.6) is 0 Å². The lowest BCUT2D eigenvalue weighted by molar-refractivity contribution is 0.665. The zero-order valence-electron chi connectivity index (χ0n) is 14.2. The zero-order valence-corrected chi connectivity index (χ0v) is 14.2. The first kappa shape index (κ1) is 15.0. The second kappa shape index (κ2) is 5.85. The lowest BCUT2D eigenvalue weighted by atomic mass is 10.1. The van der Waals surface area contributed by atoms with Crippen molar-refractivity contribution in [2.45, 2.75) is 51.5 Å². The highest BCUT2D eigenvalue weighted by atomic mass is 15.3. The smallest absolute Gasteiger partial charge is 0.172 e. The van der Waals surface area contributed by atoms with Gasteiger partial charge in [-0.15, -0.1) is 0 Å². The van der Waals surface area contributed by atoms with Crippen molar-refractivity contribution in [2.75, 3.05) is 5.32 Å². The van der Waals surface area contributed by atoms with Gasteiger partial charge in [0.05, 0.1) is 17.6 Å². The number of fused-ring (bicyclic) bond motifs is 1. The molecule has 1 atom stereocenters. The molecule has 0 aliphatic heterocycles. The topological polar surface area (TPSA) is 97.2 Å². The average molecular weight is 326 g/mol. The third-order valence-electron chi connectivity index (χ3n) is 4.68. The Labute approximate surface area is 140 Å². The zero-order chi connectivity index (χ0) is 16.7. The SMILES string of the molecule is Cc1nc(C(C)Nc2nc(C3CCCC3)nc3c2cnn3C)n[nH]1. The third-order valence-corrected chi connectivity index (χ3v) is 4.68. The van der Waals surface area contributed by atoms with Gasteiger partial charge in [0.2, 0.25) is 0 Å². The minimum atomic E-state index is -0.0512. The number of hydrogen-bond acceptors (Lipinski definition) is 6.